The lowest BCUT2D eigenvalue weighted by Crippen LogP contribution is -2.47. The van der Waals surface area contributed by atoms with Crippen molar-refractivity contribution < 1.29 is 9.53 Å². The Kier molecular flexibility index (Phi) is 6.36. The highest BCUT2D eigenvalue weighted by Crippen LogP contribution is 2.28. The molecule has 7 nitrogen and oxygen atoms in total. The highest BCUT2D eigenvalue weighted by atomic mass is 16.5. The van der Waals surface area contributed by atoms with Crippen LogP contribution >= 0.6 is 0 Å². The molecule has 2 N–H and O–H groups in total. The molecule has 1 amide bonds. The quantitative estimate of drug-likeness (QED) is 0.761. The fraction of sp³-hybridized carbons (Fsp3) is 0.450. The lowest BCUT2D eigenvalue weighted by Gasteiger charge is -2.37. The molecule has 144 valence electrons. The van der Waals surface area contributed by atoms with Crippen molar-refractivity contribution in [2.45, 2.75) is 19.4 Å². The molecule has 0 spiro atoms. The fourth-order valence-corrected chi connectivity index (χ4v) is 3.43. The molecule has 2 aromatic rings. The molecule has 0 atom stereocenters. The summed E-state index contributed by atoms with van der Waals surface area (Å²) in [6, 6.07) is 12.4. The van der Waals surface area contributed by atoms with Gasteiger partial charge in [-0.05, 0) is 37.6 Å². The van der Waals surface area contributed by atoms with Crippen molar-refractivity contribution in [3.8, 4) is 0 Å². The van der Waals surface area contributed by atoms with E-state index >= 15 is 0 Å². The number of nitrogens with one attached hydrogen (secondary N) is 2. The molecular formula is C20H26N4O3. The second kappa shape index (κ2) is 8.92. The standard InChI is InChI=1S/C20H26N4O3/c1-27-15-20(9-11-21-12-10-20)14-22-19(26)17-7-8-18(25)24(23-17)13-16-5-3-2-4-6-16/h2-8,21H,9-15H2,1H3,(H,22,26). The van der Waals surface area contributed by atoms with Crippen LogP contribution in [0.5, 0.6) is 0 Å². The van der Waals surface area contributed by atoms with Crippen LogP contribution in [0.15, 0.2) is 47.3 Å². The molecule has 1 aliphatic rings. The maximum Gasteiger partial charge on any atom is 0.271 e. The van der Waals surface area contributed by atoms with E-state index in [1.807, 2.05) is 30.3 Å². The van der Waals surface area contributed by atoms with Crippen LogP contribution < -0.4 is 16.2 Å². The number of carbonyl (C=O) groups excluding carboxylic acids is 1. The largest absolute Gasteiger partial charge is 0.384 e. The minimum Gasteiger partial charge on any atom is -0.384 e. The van der Waals surface area contributed by atoms with Crippen LogP contribution in [-0.4, -0.2) is 49.0 Å². The first kappa shape index (κ1) is 19.3. The van der Waals surface area contributed by atoms with E-state index in [4.69, 9.17) is 4.74 Å². The number of piperidine rings is 1. The molecule has 27 heavy (non-hydrogen) atoms. The van der Waals surface area contributed by atoms with Gasteiger partial charge in [0.2, 0.25) is 0 Å². The summed E-state index contributed by atoms with van der Waals surface area (Å²) in [5.41, 5.74) is 0.906. The molecule has 0 radical (unpaired) electrons. The number of ether oxygens (including phenoxy) is 1. The molecule has 2 heterocycles. The molecular weight excluding hydrogens is 344 g/mol. The predicted molar refractivity (Wildman–Crippen MR) is 103 cm³/mol. The Morgan fingerprint density at radius 2 is 1.96 bits per heavy atom. The van der Waals surface area contributed by atoms with E-state index in [0.29, 0.717) is 19.7 Å². The van der Waals surface area contributed by atoms with Gasteiger partial charge < -0.3 is 15.4 Å². The average Bonchev–Trinajstić information content (AvgIpc) is 2.70. The molecule has 1 aliphatic heterocycles. The Bertz CT molecular complexity index is 808. The van der Waals surface area contributed by atoms with Gasteiger partial charge in [0.05, 0.1) is 13.2 Å². The third-order valence-corrected chi connectivity index (χ3v) is 5.01. The number of amides is 1. The number of carbonyl (C=O) groups is 1. The first-order valence-corrected chi connectivity index (χ1v) is 9.22. The van der Waals surface area contributed by atoms with Crippen LogP contribution in [0.3, 0.4) is 0 Å². The van der Waals surface area contributed by atoms with Gasteiger partial charge in [-0.15, -0.1) is 0 Å². The maximum absolute atomic E-state index is 12.6. The predicted octanol–water partition coefficient (Wildman–Crippen LogP) is 1.04. The first-order chi connectivity index (χ1) is 13.1. The van der Waals surface area contributed by atoms with Gasteiger partial charge in [0.15, 0.2) is 0 Å². The average molecular weight is 370 g/mol. The number of methoxy groups -OCH3 is 1. The molecule has 0 saturated carbocycles. The van der Waals surface area contributed by atoms with Gasteiger partial charge in [-0.1, -0.05) is 30.3 Å². The van der Waals surface area contributed by atoms with Crippen molar-refractivity contribution >= 4 is 5.91 Å². The summed E-state index contributed by atoms with van der Waals surface area (Å²) in [6.45, 7) is 3.30. The van der Waals surface area contributed by atoms with E-state index in [0.717, 1.165) is 31.5 Å². The molecule has 1 aromatic heterocycles. The van der Waals surface area contributed by atoms with Gasteiger partial charge in [-0.25, -0.2) is 4.68 Å². The first-order valence-electron chi connectivity index (χ1n) is 9.22. The van der Waals surface area contributed by atoms with Gasteiger partial charge in [0, 0.05) is 25.1 Å². The van der Waals surface area contributed by atoms with E-state index in [2.05, 4.69) is 15.7 Å². The number of benzene rings is 1. The van der Waals surface area contributed by atoms with Crippen molar-refractivity contribution in [3.63, 3.8) is 0 Å². The zero-order valence-corrected chi connectivity index (χ0v) is 15.6. The molecule has 1 saturated heterocycles. The van der Waals surface area contributed by atoms with Crippen molar-refractivity contribution in [1.29, 1.82) is 0 Å². The zero-order valence-electron chi connectivity index (χ0n) is 15.6. The van der Waals surface area contributed by atoms with Crippen molar-refractivity contribution in [2.75, 3.05) is 33.4 Å². The zero-order chi connectivity index (χ0) is 19.1. The minimum absolute atomic E-state index is 0.0614. The van der Waals surface area contributed by atoms with Crippen molar-refractivity contribution in [3.05, 3.63) is 64.1 Å². The monoisotopic (exact) mass is 370 g/mol. The van der Waals surface area contributed by atoms with Crippen LogP contribution in [0.1, 0.15) is 28.9 Å². The van der Waals surface area contributed by atoms with Crippen molar-refractivity contribution in [1.82, 2.24) is 20.4 Å². The van der Waals surface area contributed by atoms with Crippen LogP contribution in [0.4, 0.5) is 0 Å². The Labute approximate surface area is 158 Å². The Morgan fingerprint density at radius 3 is 2.67 bits per heavy atom. The molecule has 1 aromatic carbocycles. The lowest BCUT2D eigenvalue weighted by molar-refractivity contribution is 0.0510. The highest BCUT2D eigenvalue weighted by Gasteiger charge is 2.32. The van der Waals surface area contributed by atoms with E-state index in [1.165, 1.54) is 16.8 Å². The fourth-order valence-electron chi connectivity index (χ4n) is 3.43. The maximum atomic E-state index is 12.6. The van der Waals surface area contributed by atoms with E-state index in [9.17, 15) is 9.59 Å². The summed E-state index contributed by atoms with van der Waals surface area (Å²) in [4.78, 5) is 24.7. The van der Waals surface area contributed by atoms with Crippen LogP contribution in [0, 0.1) is 5.41 Å². The topological polar surface area (TPSA) is 85.2 Å². The lowest BCUT2D eigenvalue weighted by atomic mass is 9.79. The van der Waals surface area contributed by atoms with Gasteiger partial charge in [-0.2, -0.15) is 5.10 Å². The van der Waals surface area contributed by atoms with Gasteiger partial charge in [0.1, 0.15) is 5.69 Å². The normalized spacial score (nSPS) is 16.0. The number of hydrogen-bond donors (Lipinski definition) is 2. The van der Waals surface area contributed by atoms with Crippen LogP contribution in [-0.2, 0) is 11.3 Å². The van der Waals surface area contributed by atoms with E-state index in [-0.39, 0.29) is 22.6 Å². The van der Waals surface area contributed by atoms with E-state index < -0.39 is 0 Å². The highest BCUT2D eigenvalue weighted by molar-refractivity contribution is 5.92. The Morgan fingerprint density at radius 1 is 1.22 bits per heavy atom. The van der Waals surface area contributed by atoms with Gasteiger partial charge in [0.25, 0.3) is 11.5 Å². The summed E-state index contributed by atoms with van der Waals surface area (Å²) < 4.78 is 6.70. The SMILES string of the molecule is COCC1(CNC(=O)c2ccc(=O)n(Cc3ccccc3)n2)CCNCC1. The van der Waals surface area contributed by atoms with Crippen molar-refractivity contribution in [2.24, 2.45) is 5.41 Å². The smallest absolute Gasteiger partial charge is 0.271 e. The molecule has 0 bridgehead atoms. The Balaban J connectivity index is 1.69. The summed E-state index contributed by atoms with van der Waals surface area (Å²) in [5, 5.41) is 10.6. The molecule has 0 unspecified atom stereocenters. The number of hydrogen-bond acceptors (Lipinski definition) is 5. The number of rotatable bonds is 7. The molecule has 1 fully saturated rings. The third kappa shape index (κ3) is 5.02. The second-order valence-electron chi connectivity index (χ2n) is 7.07. The third-order valence-electron chi connectivity index (χ3n) is 5.01. The second-order valence-corrected chi connectivity index (χ2v) is 7.07. The van der Waals surface area contributed by atoms with Crippen LogP contribution in [0.2, 0.25) is 0 Å². The molecule has 7 heteroatoms. The minimum atomic E-state index is -0.272. The summed E-state index contributed by atoms with van der Waals surface area (Å²) in [5.74, 6) is -0.272. The van der Waals surface area contributed by atoms with E-state index in [1.54, 1.807) is 7.11 Å². The summed E-state index contributed by atoms with van der Waals surface area (Å²) >= 11 is 0. The summed E-state index contributed by atoms with van der Waals surface area (Å²) in [6.07, 6.45) is 1.89. The Hall–Kier alpha value is -2.51. The van der Waals surface area contributed by atoms with Crippen LogP contribution in [0.25, 0.3) is 0 Å². The molecule has 3 rings (SSSR count). The summed E-state index contributed by atoms with van der Waals surface area (Å²) in [7, 11) is 1.69. The number of nitrogens with zero attached hydrogens (tertiary/aromatic N) is 2. The van der Waals surface area contributed by atoms with Gasteiger partial charge >= 0.3 is 0 Å². The van der Waals surface area contributed by atoms with Gasteiger partial charge in [-0.3, -0.25) is 9.59 Å². The number of aromatic nitrogens is 2. The molecule has 0 aliphatic carbocycles.